The van der Waals surface area contributed by atoms with Gasteiger partial charge in [0.1, 0.15) is 0 Å². The Balaban J connectivity index is 1.63. The van der Waals surface area contributed by atoms with Crippen LogP contribution in [-0.2, 0) is 10.0 Å². The second kappa shape index (κ2) is 7.09. The Labute approximate surface area is 144 Å². The average Bonchev–Trinajstić information content (AvgIpc) is 2.55. The van der Waals surface area contributed by atoms with Gasteiger partial charge in [0.2, 0.25) is 10.0 Å². The van der Waals surface area contributed by atoms with Crippen molar-refractivity contribution in [2.75, 3.05) is 26.2 Å². The zero-order valence-electron chi connectivity index (χ0n) is 13.7. The summed E-state index contributed by atoms with van der Waals surface area (Å²) in [7, 11) is -3.38. The van der Waals surface area contributed by atoms with E-state index in [1.165, 1.54) is 25.7 Å². The van der Waals surface area contributed by atoms with Gasteiger partial charge in [-0.05, 0) is 43.0 Å². The maximum Gasteiger partial charge on any atom is 0.243 e. The monoisotopic (exact) mass is 357 g/mol. The second-order valence-electron chi connectivity index (χ2n) is 6.98. The lowest BCUT2D eigenvalue weighted by atomic mass is 9.86. The molecule has 3 rings (SSSR count). The quantitative estimate of drug-likeness (QED) is 0.896. The first kappa shape index (κ1) is 17.2. The van der Waals surface area contributed by atoms with Crippen molar-refractivity contribution in [3.8, 4) is 0 Å². The Kier molecular flexibility index (Phi) is 5.31. The summed E-state index contributed by atoms with van der Waals surface area (Å²) in [6, 6.07) is 7.19. The van der Waals surface area contributed by atoms with Gasteiger partial charge in [-0.25, -0.2) is 8.42 Å². The number of hydrogen-bond acceptors (Lipinski definition) is 2. The minimum absolute atomic E-state index is 0.344. The van der Waals surface area contributed by atoms with Gasteiger partial charge >= 0.3 is 0 Å². The highest BCUT2D eigenvalue weighted by atomic mass is 35.5. The summed E-state index contributed by atoms with van der Waals surface area (Å²) < 4.78 is 27.0. The second-order valence-corrected chi connectivity index (χ2v) is 9.36. The molecule has 128 valence electrons. The molecule has 0 bridgehead atoms. The Hall–Kier alpha value is -0.620. The SMILES string of the molecule is C[C@H]1CCC[C@@H]([NH+]2CCN(S(=O)(=O)c3ccc(Cl)cc3)CC2)C1. The molecule has 1 aliphatic heterocycles. The van der Waals surface area contributed by atoms with E-state index in [0.29, 0.717) is 23.0 Å². The van der Waals surface area contributed by atoms with Crippen molar-refractivity contribution in [1.29, 1.82) is 0 Å². The molecule has 6 heteroatoms. The van der Waals surface area contributed by atoms with Crippen molar-refractivity contribution in [3.63, 3.8) is 0 Å². The topological polar surface area (TPSA) is 41.8 Å². The molecule has 1 aromatic rings. The van der Waals surface area contributed by atoms with Crippen LogP contribution in [-0.4, -0.2) is 44.9 Å². The number of benzene rings is 1. The largest absolute Gasteiger partial charge is 0.330 e. The van der Waals surface area contributed by atoms with Crippen molar-refractivity contribution in [2.24, 2.45) is 5.92 Å². The highest BCUT2D eigenvalue weighted by Crippen LogP contribution is 2.23. The molecule has 2 aliphatic rings. The Bertz CT molecular complexity index is 624. The smallest absolute Gasteiger partial charge is 0.243 e. The first-order valence-corrected chi connectivity index (χ1v) is 10.4. The van der Waals surface area contributed by atoms with Gasteiger partial charge in [-0.2, -0.15) is 4.31 Å². The predicted molar refractivity (Wildman–Crippen MR) is 92.3 cm³/mol. The zero-order chi connectivity index (χ0) is 16.4. The summed E-state index contributed by atoms with van der Waals surface area (Å²) in [5, 5.41) is 0.560. The first-order valence-electron chi connectivity index (χ1n) is 8.57. The fourth-order valence-corrected chi connectivity index (χ4v) is 5.55. The number of sulfonamides is 1. The van der Waals surface area contributed by atoms with Gasteiger partial charge in [0, 0.05) is 11.4 Å². The fourth-order valence-electron chi connectivity index (χ4n) is 3.98. The van der Waals surface area contributed by atoms with E-state index in [-0.39, 0.29) is 0 Å². The molecule has 1 N–H and O–H groups in total. The lowest BCUT2D eigenvalue weighted by molar-refractivity contribution is -0.930. The molecule has 2 atom stereocenters. The van der Waals surface area contributed by atoms with Crippen LogP contribution in [0.3, 0.4) is 0 Å². The fraction of sp³-hybridized carbons (Fsp3) is 0.647. The molecule has 4 nitrogen and oxygen atoms in total. The van der Waals surface area contributed by atoms with Gasteiger partial charge in [-0.1, -0.05) is 24.9 Å². The highest BCUT2D eigenvalue weighted by molar-refractivity contribution is 7.89. The summed E-state index contributed by atoms with van der Waals surface area (Å²) in [5.41, 5.74) is 0. The van der Waals surface area contributed by atoms with Crippen molar-refractivity contribution in [1.82, 2.24) is 4.31 Å². The number of halogens is 1. The maximum absolute atomic E-state index is 12.7. The van der Waals surface area contributed by atoms with Crippen LogP contribution in [0, 0.1) is 5.92 Å². The molecule has 2 fully saturated rings. The summed E-state index contributed by atoms with van der Waals surface area (Å²) in [4.78, 5) is 1.94. The zero-order valence-corrected chi connectivity index (χ0v) is 15.2. The summed E-state index contributed by atoms with van der Waals surface area (Å²) in [6.07, 6.45) is 5.26. The van der Waals surface area contributed by atoms with E-state index in [1.807, 2.05) is 0 Å². The minimum Gasteiger partial charge on any atom is -0.330 e. The maximum atomic E-state index is 12.7. The van der Waals surface area contributed by atoms with E-state index in [2.05, 4.69) is 6.92 Å². The summed E-state index contributed by atoms with van der Waals surface area (Å²) in [6.45, 7) is 5.41. The van der Waals surface area contributed by atoms with Crippen LogP contribution in [0.5, 0.6) is 0 Å². The molecule has 23 heavy (non-hydrogen) atoms. The molecule has 0 radical (unpaired) electrons. The molecule has 1 aliphatic carbocycles. The van der Waals surface area contributed by atoms with Crippen LogP contribution in [0.2, 0.25) is 5.02 Å². The Morgan fingerprint density at radius 3 is 2.39 bits per heavy atom. The van der Waals surface area contributed by atoms with Gasteiger partial charge in [0.15, 0.2) is 0 Å². The number of piperazine rings is 1. The van der Waals surface area contributed by atoms with E-state index >= 15 is 0 Å². The molecule has 0 spiro atoms. The number of hydrogen-bond donors (Lipinski definition) is 1. The Morgan fingerprint density at radius 1 is 1.13 bits per heavy atom. The Morgan fingerprint density at radius 2 is 1.78 bits per heavy atom. The van der Waals surface area contributed by atoms with Gasteiger partial charge in [-0.15, -0.1) is 0 Å². The standard InChI is InChI=1S/C17H25ClN2O2S/c1-14-3-2-4-16(13-14)19-9-11-20(12-10-19)23(21,22)17-7-5-15(18)6-8-17/h5-8,14,16H,2-4,9-13H2,1H3/p+1/t14-,16+/m0/s1. The van der Waals surface area contributed by atoms with Crippen LogP contribution in [0.15, 0.2) is 29.2 Å². The average molecular weight is 358 g/mol. The lowest BCUT2D eigenvalue weighted by Crippen LogP contribution is -3.18. The van der Waals surface area contributed by atoms with Crippen molar-refractivity contribution < 1.29 is 13.3 Å². The number of nitrogens with zero attached hydrogens (tertiary/aromatic N) is 1. The summed E-state index contributed by atoms with van der Waals surface area (Å²) >= 11 is 5.85. The van der Waals surface area contributed by atoms with Crippen LogP contribution in [0.25, 0.3) is 0 Å². The molecular formula is C17H26ClN2O2S+. The van der Waals surface area contributed by atoms with Crippen molar-refractivity contribution >= 4 is 21.6 Å². The van der Waals surface area contributed by atoms with Crippen LogP contribution in [0.4, 0.5) is 0 Å². The molecule has 0 aromatic heterocycles. The number of quaternary nitrogens is 1. The van der Waals surface area contributed by atoms with E-state index in [4.69, 9.17) is 11.6 Å². The van der Waals surface area contributed by atoms with E-state index in [0.717, 1.165) is 25.0 Å². The molecule has 0 amide bonds. The minimum atomic E-state index is -3.38. The van der Waals surface area contributed by atoms with Crippen LogP contribution >= 0.6 is 11.6 Å². The van der Waals surface area contributed by atoms with Gasteiger partial charge in [0.05, 0.1) is 37.1 Å². The molecule has 1 heterocycles. The summed E-state index contributed by atoms with van der Waals surface area (Å²) in [5.74, 6) is 0.817. The van der Waals surface area contributed by atoms with E-state index in [1.54, 1.807) is 33.5 Å². The predicted octanol–water partition coefficient (Wildman–Crippen LogP) is 1.81. The highest BCUT2D eigenvalue weighted by Gasteiger charge is 2.34. The van der Waals surface area contributed by atoms with Gasteiger partial charge in [0.25, 0.3) is 0 Å². The van der Waals surface area contributed by atoms with Crippen LogP contribution in [0.1, 0.15) is 32.6 Å². The van der Waals surface area contributed by atoms with Gasteiger partial charge < -0.3 is 4.90 Å². The lowest BCUT2D eigenvalue weighted by Gasteiger charge is -2.38. The molecular weight excluding hydrogens is 332 g/mol. The van der Waals surface area contributed by atoms with Crippen LogP contribution < -0.4 is 4.90 Å². The van der Waals surface area contributed by atoms with E-state index < -0.39 is 10.0 Å². The third kappa shape index (κ3) is 3.90. The molecule has 1 saturated heterocycles. The third-order valence-corrected chi connectivity index (χ3v) is 7.49. The molecule has 1 aromatic carbocycles. The number of nitrogens with one attached hydrogen (secondary N) is 1. The van der Waals surface area contributed by atoms with Crippen molar-refractivity contribution in [3.05, 3.63) is 29.3 Å². The normalized spacial score (nSPS) is 27.9. The molecule has 1 saturated carbocycles. The number of rotatable bonds is 3. The van der Waals surface area contributed by atoms with E-state index in [9.17, 15) is 8.42 Å². The molecule has 0 unspecified atom stereocenters. The first-order chi connectivity index (χ1) is 11.0. The third-order valence-electron chi connectivity index (χ3n) is 5.33. The van der Waals surface area contributed by atoms with Gasteiger partial charge in [-0.3, -0.25) is 0 Å². The van der Waals surface area contributed by atoms with Crippen molar-refractivity contribution in [2.45, 2.75) is 43.5 Å².